The number of hydrogen-bond donors (Lipinski definition) is 0. The molecule has 0 spiro atoms. The van der Waals surface area contributed by atoms with E-state index in [1.54, 1.807) is 6.20 Å². The van der Waals surface area contributed by atoms with Gasteiger partial charge in [0.05, 0.1) is 33.8 Å². The SMILES string of the molecule is O=P(c1ccccc1)(c1ccccc1)c1ccc(-c2ccc3c(c2)N(c2ccccc2)c2cccc4c5ccccc5n-3c24)nc1. The van der Waals surface area contributed by atoms with Crippen LogP contribution in [-0.4, -0.2) is 9.55 Å². The Balaban J connectivity index is 1.22. The van der Waals surface area contributed by atoms with Crippen LogP contribution in [0.2, 0.25) is 0 Å². The summed E-state index contributed by atoms with van der Waals surface area (Å²) in [5.74, 6) is 0. The summed E-state index contributed by atoms with van der Waals surface area (Å²) in [6.45, 7) is 0. The van der Waals surface area contributed by atoms with E-state index in [9.17, 15) is 4.57 Å². The first-order valence-electron chi connectivity index (χ1n) is 15.4. The molecule has 0 saturated carbocycles. The minimum atomic E-state index is -3.11. The van der Waals surface area contributed by atoms with Crippen molar-refractivity contribution in [3.05, 3.63) is 170 Å². The van der Waals surface area contributed by atoms with Crippen molar-refractivity contribution in [1.29, 1.82) is 0 Å². The zero-order valence-electron chi connectivity index (χ0n) is 24.9. The third-order valence-electron chi connectivity index (χ3n) is 9.03. The van der Waals surface area contributed by atoms with Gasteiger partial charge in [0.15, 0.2) is 7.14 Å². The average Bonchev–Trinajstić information content (AvgIpc) is 3.48. The van der Waals surface area contributed by atoms with E-state index < -0.39 is 7.14 Å². The van der Waals surface area contributed by atoms with Crippen LogP contribution in [0.15, 0.2) is 170 Å². The van der Waals surface area contributed by atoms with Crippen molar-refractivity contribution in [1.82, 2.24) is 9.55 Å². The fourth-order valence-electron chi connectivity index (χ4n) is 6.93. The van der Waals surface area contributed by atoms with Crippen LogP contribution in [0, 0.1) is 0 Å². The van der Waals surface area contributed by atoms with Gasteiger partial charge in [-0.25, -0.2) is 0 Å². The van der Waals surface area contributed by atoms with E-state index in [2.05, 4.69) is 100 Å². The topological polar surface area (TPSA) is 38.1 Å². The Hall–Kier alpha value is -5.70. The number of pyridine rings is 1. The Labute approximate surface area is 267 Å². The molecule has 0 atom stereocenters. The number of hydrogen-bond acceptors (Lipinski definition) is 3. The third kappa shape index (κ3) is 3.94. The molecular weight excluding hydrogens is 581 g/mol. The predicted octanol–water partition coefficient (Wildman–Crippen LogP) is 9.27. The number of benzene rings is 6. The molecule has 0 aliphatic carbocycles. The number of nitrogens with zero attached hydrogens (tertiary/aromatic N) is 3. The van der Waals surface area contributed by atoms with E-state index in [1.807, 2.05) is 72.8 Å². The fourth-order valence-corrected chi connectivity index (χ4v) is 9.52. The number of para-hydroxylation sites is 3. The van der Waals surface area contributed by atoms with Gasteiger partial charge in [-0.3, -0.25) is 4.98 Å². The lowest BCUT2D eigenvalue weighted by atomic mass is 10.0. The first-order valence-corrected chi connectivity index (χ1v) is 17.1. The molecule has 0 saturated heterocycles. The summed E-state index contributed by atoms with van der Waals surface area (Å²) in [6.07, 6.45) is 1.79. The van der Waals surface area contributed by atoms with E-state index in [4.69, 9.17) is 4.98 Å². The number of anilines is 3. The first kappa shape index (κ1) is 26.7. The lowest BCUT2D eigenvalue weighted by molar-refractivity contribution is 0.592. The van der Waals surface area contributed by atoms with Crippen LogP contribution in [0.3, 0.4) is 0 Å². The molecule has 0 bridgehead atoms. The predicted molar refractivity (Wildman–Crippen MR) is 192 cm³/mol. The number of fused-ring (bicyclic) bond motifs is 5. The Morgan fingerprint density at radius 1 is 0.500 bits per heavy atom. The highest BCUT2D eigenvalue weighted by molar-refractivity contribution is 7.85. The maximum atomic E-state index is 14.9. The van der Waals surface area contributed by atoms with Crippen LogP contribution < -0.4 is 20.8 Å². The Kier molecular flexibility index (Phi) is 6.06. The number of rotatable bonds is 5. The highest BCUT2D eigenvalue weighted by atomic mass is 31.2. The molecular formula is C41H28N3OP. The van der Waals surface area contributed by atoms with Crippen LogP contribution in [0.1, 0.15) is 0 Å². The summed E-state index contributed by atoms with van der Waals surface area (Å²) in [5.41, 5.74) is 8.64. The second-order valence-electron chi connectivity index (χ2n) is 11.6. The molecule has 0 unspecified atom stereocenters. The summed E-state index contributed by atoms with van der Waals surface area (Å²) in [5, 5.41) is 4.79. The summed E-state index contributed by atoms with van der Waals surface area (Å²) < 4.78 is 17.3. The van der Waals surface area contributed by atoms with E-state index in [1.165, 1.54) is 21.8 Å². The summed E-state index contributed by atoms with van der Waals surface area (Å²) in [6, 6.07) is 55.8. The molecule has 0 amide bonds. The highest BCUT2D eigenvalue weighted by Gasteiger charge is 2.31. The van der Waals surface area contributed by atoms with Crippen LogP contribution in [-0.2, 0) is 4.57 Å². The second kappa shape index (κ2) is 10.4. The Morgan fingerprint density at radius 3 is 1.85 bits per heavy atom. The molecule has 3 heterocycles. The maximum absolute atomic E-state index is 14.9. The minimum absolute atomic E-state index is 0.715. The van der Waals surface area contributed by atoms with E-state index >= 15 is 0 Å². The molecule has 1 aliphatic rings. The van der Waals surface area contributed by atoms with Gasteiger partial charge in [-0.05, 0) is 48.5 Å². The molecule has 1 aliphatic heterocycles. The van der Waals surface area contributed by atoms with Crippen LogP contribution in [0.5, 0.6) is 0 Å². The van der Waals surface area contributed by atoms with Gasteiger partial charge < -0.3 is 14.0 Å². The molecule has 218 valence electrons. The Morgan fingerprint density at radius 2 is 1.15 bits per heavy atom. The zero-order valence-corrected chi connectivity index (χ0v) is 25.8. The quantitative estimate of drug-likeness (QED) is 0.183. The van der Waals surface area contributed by atoms with Crippen LogP contribution in [0.25, 0.3) is 38.8 Å². The van der Waals surface area contributed by atoms with E-state index in [0.29, 0.717) is 5.30 Å². The summed E-state index contributed by atoms with van der Waals surface area (Å²) in [4.78, 5) is 7.29. The van der Waals surface area contributed by atoms with Crippen molar-refractivity contribution in [2.75, 3.05) is 4.90 Å². The smallest absolute Gasteiger partial charge is 0.172 e. The van der Waals surface area contributed by atoms with Gasteiger partial charge in [-0.1, -0.05) is 115 Å². The standard InChI is InChI=1S/C41H28N3OP/c45-46(31-15-6-2-7-16-31,32-17-8-3-9-18-32)33-24-25-36(42-28-33)29-23-26-38-40(27-29)43(30-13-4-1-5-14-30)39-22-12-20-35-34-19-10-11-21-37(34)44(38)41(35)39/h1-28H. The Bertz CT molecular complexity index is 2390. The molecule has 0 fully saturated rings. The third-order valence-corrected chi connectivity index (χ3v) is 12.1. The maximum Gasteiger partial charge on any atom is 0.172 e. The molecule has 9 rings (SSSR count). The first-order chi connectivity index (χ1) is 22.7. The summed E-state index contributed by atoms with van der Waals surface area (Å²) in [7, 11) is -3.11. The van der Waals surface area contributed by atoms with Crippen LogP contribution >= 0.6 is 7.14 Å². The minimum Gasteiger partial charge on any atom is -0.309 e. The van der Waals surface area contributed by atoms with Crippen molar-refractivity contribution in [3.8, 4) is 16.9 Å². The zero-order chi connectivity index (χ0) is 30.7. The van der Waals surface area contributed by atoms with Gasteiger partial charge in [0, 0.05) is 44.1 Å². The summed E-state index contributed by atoms with van der Waals surface area (Å²) >= 11 is 0. The van der Waals surface area contributed by atoms with Gasteiger partial charge in [0.2, 0.25) is 0 Å². The van der Waals surface area contributed by atoms with Gasteiger partial charge in [-0.2, -0.15) is 0 Å². The van der Waals surface area contributed by atoms with Crippen molar-refractivity contribution >= 4 is 61.9 Å². The van der Waals surface area contributed by atoms with E-state index in [0.717, 1.165) is 44.6 Å². The lowest BCUT2D eigenvalue weighted by Gasteiger charge is -2.33. The molecule has 6 aromatic carbocycles. The van der Waals surface area contributed by atoms with Gasteiger partial charge >= 0.3 is 0 Å². The molecule has 8 aromatic rings. The normalized spacial score (nSPS) is 12.4. The van der Waals surface area contributed by atoms with Gasteiger partial charge in [0.25, 0.3) is 0 Å². The number of aromatic nitrogens is 2. The van der Waals surface area contributed by atoms with Gasteiger partial charge in [-0.15, -0.1) is 0 Å². The monoisotopic (exact) mass is 609 g/mol. The molecule has 4 nitrogen and oxygen atoms in total. The van der Waals surface area contributed by atoms with Crippen molar-refractivity contribution in [3.63, 3.8) is 0 Å². The molecule has 2 aromatic heterocycles. The van der Waals surface area contributed by atoms with Gasteiger partial charge in [0.1, 0.15) is 0 Å². The van der Waals surface area contributed by atoms with Crippen molar-refractivity contribution < 1.29 is 4.57 Å². The van der Waals surface area contributed by atoms with E-state index in [-0.39, 0.29) is 0 Å². The largest absolute Gasteiger partial charge is 0.309 e. The van der Waals surface area contributed by atoms with Crippen LogP contribution in [0.4, 0.5) is 17.1 Å². The van der Waals surface area contributed by atoms with Crippen molar-refractivity contribution in [2.24, 2.45) is 0 Å². The fraction of sp³-hybridized carbons (Fsp3) is 0. The second-order valence-corrected chi connectivity index (χ2v) is 14.4. The molecule has 0 N–H and O–H groups in total. The average molecular weight is 610 g/mol. The highest BCUT2D eigenvalue weighted by Crippen LogP contribution is 2.50. The molecule has 46 heavy (non-hydrogen) atoms. The van der Waals surface area contributed by atoms with Crippen molar-refractivity contribution in [2.45, 2.75) is 0 Å². The lowest BCUT2D eigenvalue weighted by Crippen LogP contribution is -2.25. The molecule has 0 radical (unpaired) electrons. The molecule has 5 heteroatoms.